The molecule has 0 aromatic heterocycles. The Bertz CT molecular complexity index is 4590. The lowest BCUT2D eigenvalue weighted by Crippen LogP contribution is -2.64. The maximum atomic E-state index is 14.0. The SMILES string of the molecule is CCC(C)[C@@H]1NCCOc2ccccc2C(C)CCNC(=O)[C@@H](Cc2cccc(Cl)c2)NC(=O)C2(CCCC2)NC1=O.CCC(C)[C@@H]1NCCOc2ccccc2CC(C)CNC(=O)[C@@H](Cc2cccc(C)c2)NC(=O)C2(CCCC2)NC1=O.CCC(C)[C@@H]1NC[C@H](C)Oc2ccccc2CCCNC(=O)[C@@H](Cc2cccc(Cl)c2)NC(=O)C2(CCCC2)NC1=O. The van der Waals surface area contributed by atoms with Gasteiger partial charge in [0.2, 0.25) is 53.2 Å². The Hall–Kier alpha value is -9.59. The number of fused-ring (bicyclic) bond motifs is 3. The van der Waals surface area contributed by atoms with E-state index in [0.717, 1.165) is 127 Å². The van der Waals surface area contributed by atoms with Gasteiger partial charge in [-0.3, -0.25) is 43.2 Å². The largest absolute Gasteiger partial charge is 0.492 e. The molecule has 5 unspecified atom stereocenters. The highest BCUT2D eigenvalue weighted by Crippen LogP contribution is 2.36. The topological polar surface area (TPSA) is 326 Å². The van der Waals surface area contributed by atoms with Gasteiger partial charge < -0.3 is 78.0 Å². The van der Waals surface area contributed by atoms with Crippen LogP contribution in [-0.4, -0.2) is 165 Å². The lowest BCUT2D eigenvalue weighted by molar-refractivity contribution is -0.137. The molecule has 126 heavy (non-hydrogen) atoms. The molecule has 26 heteroatoms. The second-order valence-electron chi connectivity index (χ2n) is 36.0. The summed E-state index contributed by atoms with van der Waals surface area (Å²) in [5.41, 5.74) is 3.79. The fraction of sp³-hybridized carbons (Fsp3) is 0.550. The van der Waals surface area contributed by atoms with Gasteiger partial charge in [-0.2, -0.15) is 0 Å². The summed E-state index contributed by atoms with van der Waals surface area (Å²) in [6, 6.07) is 42.6. The number of hydrogen-bond donors (Lipinski definition) is 12. The molecule has 6 aromatic carbocycles. The van der Waals surface area contributed by atoms with E-state index < -0.39 is 52.9 Å². The number of carbonyl (C=O) groups is 9. The van der Waals surface area contributed by atoms with Gasteiger partial charge in [0.25, 0.3) is 0 Å². The molecule has 24 nitrogen and oxygen atoms in total. The number of para-hydroxylation sites is 3. The van der Waals surface area contributed by atoms with Crippen molar-refractivity contribution in [1.82, 2.24) is 63.8 Å². The van der Waals surface area contributed by atoms with Gasteiger partial charge in [0.1, 0.15) is 71.3 Å². The lowest BCUT2D eigenvalue weighted by Gasteiger charge is -2.34. The standard InChI is InChI=1S/C34H48N4O4.2C33H45ClN4O4/c1-5-25(4)30-32(40)38-34(15-8-9-16-34)33(41)37-28(21-26-12-10-11-23(2)19-26)31(39)36-22-24(3)20-27-13-6-7-14-29(27)42-18-17-35-30;1-4-22(2)29-31(40)38-33(16-7-8-17-33)32(41)37-27(20-24-11-9-14-26(34)19-24)30(39)35-18-10-13-25-12-5-6-15-28(25)42-23(3)21-36-29;1-4-22(2)29-31(40)38-33(15-7-8-16-33)32(41)37-27(21-24-10-9-11-25(34)20-24)30(39)36-17-14-23(3)26-12-5-6-13-28(26)42-19-18-35-29/h6-7,10-14,19,24-25,28,30,35H,5,8-9,15-18,20-22H2,1-4H3,(H,36,39)(H,37,41)(H,38,40);5-6,9,11-12,14-15,19,22-23,27,29,36H,4,7-8,10,13,16-18,20-21H2,1-3H3,(H,35,39)(H,37,41)(H,38,40);5-6,9-13,20,22-23,27,29,35H,4,7-8,14-19,21H2,1-3H3,(H,36,39)(H,37,41)(H,38,40)/t24?,25?,28-,30+;22?,23-,27+,29-;22?,23?,27-,29+/m101/s1. The highest BCUT2D eigenvalue weighted by molar-refractivity contribution is 6.31. The predicted molar refractivity (Wildman–Crippen MR) is 496 cm³/mol. The molecule has 3 aliphatic heterocycles. The summed E-state index contributed by atoms with van der Waals surface area (Å²) in [6.07, 6.45) is 14.2. The van der Waals surface area contributed by atoms with Crippen LogP contribution in [0.4, 0.5) is 0 Å². The van der Waals surface area contributed by atoms with Gasteiger partial charge in [-0.25, -0.2) is 0 Å². The third-order valence-electron chi connectivity index (χ3n) is 26.1. The van der Waals surface area contributed by atoms with Gasteiger partial charge in [-0.15, -0.1) is 0 Å². The summed E-state index contributed by atoms with van der Waals surface area (Å²) < 4.78 is 18.6. The van der Waals surface area contributed by atoms with E-state index in [4.69, 9.17) is 37.4 Å². The van der Waals surface area contributed by atoms with E-state index in [1.807, 2.05) is 150 Å². The quantitative estimate of drug-likeness (QED) is 0.0542. The van der Waals surface area contributed by atoms with Crippen LogP contribution in [0.5, 0.6) is 17.2 Å². The fourth-order valence-electron chi connectivity index (χ4n) is 18.0. The number of nitrogens with one attached hydrogen (secondary N) is 12. The van der Waals surface area contributed by atoms with Crippen molar-refractivity contribution in [2.75, 3.05) is 52.5 Å². The fourth-order valence-corrected chi connectivity index (χ4v) is 18.4. The number of ether oxygens (including phenoxy) is 3. The molecule has 0 radical (unpaired) electrons. The summed E-state index contributed by atoms with van der Waals surface area (Å²) in [7, 11) is 0. The van der Waals surface area contributed by atoms with Crippen LogP contribution in [0.3, 0.4) is 0 Å². The number of amides is 9. The summed E-state index contributed by atoms with van der Waals surface area (Å²) in [6.45, 7) is 24.1. The Kier molecular flexibility index (Phi) is 38.0. The number of carbonyl (C=O) groups excluding carboxylic acids is 9. The highest BCUT2D eigenvalue weighted by atomic mass is 35.5. The number of aryl methyl sites for hydroxylation is 2. The monoisotopic (exact) mass is 1770 g/mol. The summed E-state index contributed by atoms with van der Waals surface area (Å²) in [4.78, 5) is 124. The molecule has 0 bridgehead atoms. The number of rotatable bonds is 12. The second kappa shape index (κ2) is 48.5. The molecule has 0 saturated heterocycles. The smallest absolute Gasteiger partial charge is 0.246 e. The summed E-state index contributed by atoms with van der Waals surface area (Å²) in [5.74, 6) is 0.615. The molecule has 12 rings (SSSR count). The van der Waals surface area contributed by atoms with Crippen LogP contribution < -0.4 is 78.0 Å². The first-order valence-electron chi connectivity index (χ1n) is 46.3. The Morgan fingerprint density at radius 1 is 0.413 bits per heavy atom. The molecule has 3 fully saturated rings. The third-order valence-corrected chi connectivity index (χ3v) is 26.6. The maximum absolute atomic E-state index is 14.0. The van der Waals surface area contributed by atoms with Gasteiger partial charge in [0.15, 0.2) is 0 Å². The van der Waals surface area contributed by atoms with Crippen molar-refractivity contribution < 1.29 is 57.4 Å². The van der Waals surface area contributed by atoms with E-state index in [2.05, 4.69) is 104 Å². The Morgan fingerprint density at radius 2 is 0.817 bits per heavy atom. The minimum atomic E-state index is -1.07. The van der Waals surface area contributed by atoms with Gasteiger partial charge in [0, 0.05) is 68.6 Å². The molecule has 6 aromatic rings. The van der Waals surface area contributed by atoms with Crippen molar-refractivity contribution in [3.8, 4) is 17.2 Å². The van der Waals surface area contributed by atoms with Crippen LogP contribution in [0.15, 0.2) is 146 Å². The zero-order valence-electron chi connectivity index (χ0n) is 75.7. The zero-order valence-corrected chi connectivity index (χ0v) is 77.2. The molecule has 3 aliphatic carbocycles. The first-order chi connectivity index (χ1) is 60.6. The molecule has 3 saturated carbocycles. The molecular weight excluding hydrogens is 1630 g/mol. The molecule has 3 heterocycles. The molecular formula is C100H138Cl2N12O12. The highest BCUT2D eigenvalue weighted by Gasteiger charge is 2.49. The Labute approximate surface area is 756 Å². The van der Waals surface area contributed by atoms with Gasteiger partial charge in [-0.05, 0) is 183 Å². The van der Waals surface area contributed by atoms with Crippen LogP contribution in [0.25, 0.3) is 0 Å². The van der Waals surface area contributed by atoms with Gasteiger partial charge in [0.05, 0.1) is 18.1 Å². The normalized spacial score (nSPS) is 24.8. The molecule has 6 aliphatic rings. The maximum Gasteiger partial charge on any atom is 0.246 e. The molecule has 12 atom stereocenters. The Balaban J connectivity index is 0.000000197. The number of benzene rings is 6. The van der Waals surface area contributed by atoms with Crippen molar-refractivity contribution >= 4 is 76.4 Å². The molecule has 12 N–H and O–H groups in total. The third kappa shape index (κ3) is 28.2. The Morgan fingerprint density at radius 3 is 1.29 bits per heavy atom. The lowest BCUT2D eigenvalue weighted by atomic mass is 9.92. The molecule has 3 spiro atoms. The number of hydrogen-bond acceptors (Lipinski definition) is 15. The molecule has 684 valence electrons. The van der Waals surface area contributed by atoms with Crippen molar-refractivity contribution in [2.45, 2.75) is 275 Å². The van der Waals surface area contributed by atoms with Crippen LogP contribution >= 0.6 is 23.2 Å². The van der Waals surface area contributed by atoms with E-state index in [0.29, 0.717) is 120 Å². The average molecular weight is 1770 g/mol. The van der Waals surface area contributed by atoms with E-state index in [1.165, 1.54) is 0 Å². The predicted octanol–water partition coefficient (Wildman–Crippen LogP) is 12.7. The van der Waals surface area contributed by atoms with E-state index in [9.17, 15) is 43.2 Å². The minimum absolute atomic E-state index is 0.0398. The van der Waals surface area contributed by atoms with E-state index in [-0.39, 0.29) is 102 Å². The first kappa shape index (κ1) is 98.6. The van der Waals surface area contributed by atoms with Gasteiger partial charge >= 0.3 is 0 Å². The average Bonchev–Trinajstić information content (AvgIpc) is 1.61. The minimum Gasteiger partial charge on any atom is -0.492 e. The van der Waals surface area contributed by atoms with Crippen LogP contribution in [0.2, 0.25) is 10.0 Å². The van der Waals surface area contributed by atoms with E-state index in [1.54, 1.807) is 24.3 Å². The number of halogens is 2. The first-order valence-corrected chi connectivity index (χ1v) is 47.0. The zero-order chi connectivity index (χ0) is 90.3. The van der Waals surface area contributed by atoms with Crippen LogP contribution in [0, 0.1) is 30.6 Å². The van der Waals surface area contributed by atoms with Crippen molar-refractivity contribution in [2.24, 2.45) is 23.7 Å². The van der Waals surface area contributed by atoms with Crippen LogP contribution in [-0.2, 0) is 75.3 Å². The van der Waals surface area contributed by atoms with Gasteiger partial charge in [-0.1, -0.05) is 245 Å². The van der Waals surface area contributed by atoms with Crippen molar-refractivity contribution in [3.05, 3.63) is 195 Å². The second-order valence-corrected chi connectivity index (χ2v) is 36.9. The van der Waals surface area contributed by atoms with Crippen molar-refractivity contribution in [3.63, 3.8) is 0 Å². The van der Waals surface area contributed by atoms with E-state index >= 15 is 0 Å². The van der Waals surface area contributed by atoms with Crippen molar-refractivity contribution in [1.29, 1.82) is 0 Å². The summed E-state index contributed by atoms with van der Waals surface area (Å²) in [5, 5.41) is 39.1. The molecule has 9 amide bonds. The summed E-state index contributed by atoms with van der Waals surface area (Å²) >= 11 is 12.5. The van der Waals surface area contributed by atoms with Crippen LogP contribution in [0.1, 0.15) is 216 Å².